The highest BCUT2D eigenvalue weighted by Gasteiger charge is 2.45. The van der Waals surface area contributed by atoms with E-state index < -0.39 is 6.10 Å². The van der Waals surface area contributed by atoms with Crippen LogP contribution < -0.4 is 10.5 Å². The zero-order chi connectivity index (χ0) is 14.0. The maximum atomic E-state index is 11.0. The molecule has 0 bridgehead atoms. The summed E-state index contributed by atoms with van der Waals surface area (Å²) >= 11 is 0. The molecule has 0 spiro atoms. The van der Waals surface area contributed by atoms with E-state index in [1.165, 1.54) is 0 Å². The van der Waals surface area contributed by atoms with Gasteiger partial charge in [0, 0.05) is 17.5 Å². The molecule has 2 aliphatic rings. The Morgan fingerprint density at radius 2 is 2.20 bits per heavy atom. The fourth-order valence-electron chi connectivity index (χ4n) is 3.68. The van der Waals surface area contributed by atoms with Gasteiger partial charge in [-0.15, -0.1) is 0 Å². The Morgan fingerprint density at radius 3 is 2.95 bits per heavy atom. The van der Waals surface area contributed by atoms with Crippen LogP contribution in [0.2, 0.25) is 0 Å². The minimum absolute atomic E-state index is 0.301. The van der Waals surface area contributed by atoms with E-state index in [2.05, 4.69) is 18.2 Å². The van der Waals surface area contributed by atoms with Crippen molar-refractivity contribution in [3.05, 3.63) is 42.0 Å². The topological polar surface area (TPSA) is 55.5 Å². The summed E-state index contributed by atoms with van der Waals surface area (Å²) in [7, 11) is 0. The third-order valence-electron chi connectivity index (χ3n) is 4.92. The average Bonchev–Trinajstić information content (AvgIpc) is 2.54. The molecule has 1 heterocycles. The molecule has 108 valence electrons. The summed E-state index contributed by atoms with van der Waals surface area (Å²) in [6.45, 7) is 1.10. The molecule has 3 unspecified atom stereocenters. The first-order valence-electron chi connectivity index (χ1n) is 7.53. The van der Waals surface area contributed by atoms with Crippen LogP contribution in [0.3, 0.4) is 0 Å². The van der Waals surface area contributed by atoms with E-state index in [0.29, 0.717) is 19.1 Å². The Morgan fingerprint density at radius 1 is 1.35 bits per heavy atom. The molecule has 0 aromatic heterocycles. The number of aliphatic hydroxyl groups excluding tert-OH is 1. The van der Waals surface area contributed by atoms with E-state index >= 15 is 0 Å². The van der Waals surface area contributed by atoms with Crippen molar-refractivity contribution < 1.29 is 9.84 Å². The number of fused-ring (bicyclic) bond motifs is 1. The Balaban J connectivity index is 1.97. The van der Waals surface area contributed by atoms with E-state index in [1.54, 1.807) is 0 Å². The lowest BCUT2D eigenvalue weighted by Crippen LogP contribution is -2.52. The molecular formula is C17H23NO2. The van der Waals surface area contributed by atoms with E-state index in [4.69, 9.17) is 10.5 Å². The molecule has 0 saturated carbocycles. The lowest BCUT2D eigenvalue weighted by molar-refractivity contribution is 0.00695. The number of aliphatic hydroxyl groups is 1. The molecule has 0 radical (unpaired) electrons. The van der Waals surface area contributed by atoms with Crippen LogP contribution in [0.5, 0.6) is 5.75 Å². The smallest absolute Gasteiger partial charge is 0.123 e. The largest absolute Gasteiger partial charge is 0.493 e. The van der Waals surface area contributed by atoms with Crippen LogP contribution in [0.1, 0.15) is 31.2 Å². The predicted octanol–water partition coefficient (Wildman–Crippen LogP) is 2.38. The van der Waals surface area contributed by atoms with Gasteiger partial charge in [0.25, 0.3) is 0 Å². The first-order chi connectivity index (χ1) is 9.78. The summed E-state index contributed by atoms with van der Waals surface area (Å²) in [5.74, 6) is 1.18. The molecule has 3 heteroatoms. The molecule has 1 aromatic rings. The van der Waals surface area contributed by atoms with Crippen molar-refractivity contribution in [3.8, 4) is 5.75 Å². The Bertz CT molecular complexity index is 500. The SMILES string of the molecule is NCC1(C(O)C2CC=CCC2)CCOc2ccccc21. The number of benzene rings is 1. The second kappa shape index (κ2) is 5.58. The molecule has 3 N–H and O–H groups in total. The van der Waals surface area contributed by atoms with Gasteiger partial charge in [-0.25, -0.2) is 0 Å². The van der Waals surface area contributed by atoms with Crippen molar-refractivity contribution in [1.82, 2.24) is 0 Å². The van der Waals surface area contributed by atoms with E-state index in [9.17, 15) is 5.11 Å². The number of allylic oxidation sites excluding steroid dienone is 2. The van der Waals surface area contributed by atoms with Crippen LogP contribution in [0, 0.1) is 5.92 Å². The Kier molecular flexibility index (Phi) is 3.81. The summed E-state index contributed by atoms with van der Waals surface area (Å²) < 4.78 is 5.74. The molecule has 20 heavy (non-hydrogen) atoms. The third kappa shape index (κ3) is 2.15. The monoisotopic (exact) mass is 273 g/mol. The van der Waals surface area contributed by atoms with Gasteiger partial charge in [-0.2, -0.15) is 0 Å². The zero-order valence-corrected chi connectivity index (χ0v) is 11.8. The second-order valence-corrected chi connectivity index (χ2v) is 5.94. The Labute approximate surface area is 120 Å². The summed E-state index contributed by atoms with van der Waals surface area (Å²) in [4.78, 5) is 0. The van der Waals surface area contributed by atoms with Crippen LogP contribution in [-0.2, 0) is 5.41 Å². The molecule has 1 aromatic carbocycles. The zero-order valence-electron chi connectivity index (χ0n) is 11.8. The molecule has 0 saturated heterocycles. The number of hydrogen-bond donors (Lipinski definition) is 2. The normalized spacial score (nSPS) is 30.4. The second-order valence-electron chi connectivity index (χ2n) is 5.94. The van der Waals surface area contributed by atoms with Crippen molar-refractivity contribution >= 4 is 0 Å². The highest BCUT2D eigenvalue weighted by atomic mass is 16.5. The highest BCUT2D eigenvalue weighted by molar-refractivity contribution is 5.43. The summed E-state index contributed by atoms with van der Waals surface area (Å²) in [5, 5.41) is 11.0. The van der Waals surface area contributed by atoms with Crippen molar-refractivity contribution in [3.63, 3.8) is 0 Å². The first kappa shape index (κ1) is 13.7. The van der Waals surface area contributed by atoms with Gasteiger partial charge >= 0.3 is 0 Å². The minimum Gasteiger partial charge on any atom is -0.493 e. The number of hydrogen-bond acceptors (Lipinski definition) is 3. The number of nitrogens with two attached hydrogens (primary N) is 1. The summed E-state index contributed by atoms with van der Waals surface area (Å²) in [5.41, 5.74) is 6.85. The first-order valence-corrected chi connectivity index (χ1v) is 7.53. The standard InChI is InChI=1S/C17H23NO2/c18-12-17(16(19)13-6-2-1-3-7-13)10-11-20-15-9-5-4-8-14(15)17/h1-2,4-5,8-9,13,16,19H,3,6-7,10-12,18H2. The number of ether oxygens (including phenoxy) is 1. The minimum atomic E-state index is -0.400. The van der Waals surface area contributed by atoms with Gasteiger partial charge in [0.2, 0.25) is 0 Å². The van der Waals surface area contributed by atoms with Crippen molar-refractivity contribution in [2.24, 2.45) is 11.7 Å². The van der Waals surface area contributed by atoms with Gasteiger partial charge in [-0.3, -0.25) is 0 Å². The van der Waals surface area contributed by atoms with Crippen LogP contribution in [0.25, 0.3) is 0 Å². The molecule has 1 aliphatic carbocycles. The van der Waals surface area contributed by atoms with Gasteiger partial charge in [-0.1, -0.05) is 30.4 Å². The van der Waals surface area contributed by atoms with E-state index in [0.717, 1.165) is 37.0 Å². The van der Waals surface area contributed by atoms with Crippen LogP contribution >= 0.6 is 0 Å². The molecule has 1 aliphatic heterocycles. The fraction of sp³-hybridized carbons (Fsp3) is 0.529. The van der Waals surface area contributed by atoms with E-state index in [-0.39, 0.29) is 5.41 Å². The molecule has 3 rings (SSSR count). The van der Waals surface area contributed by atoms with Gasteiger partial charge in [-0.05, 0) is 37.7 Å². The predicted molar refractivity (Wildman–Crippen MR) is 79.8 cm³/mol. The molecule has 0 fully saturated rings. The van der Waals surface area contributed by atoms with Crippen LogP contribution in [-0.4, -0.2) is 24.4 Å². The molecule has 3 nitrogen and oxygen atoms in total. The summed E-state index contributed by atoms with van der Waals surface area (Å²) in [6.07, 6.45) is 7.84. The molecule has 0 amide bonds. The van der Waals surface area contributed by atoms with Gasteiger partial charge in [0.1, 0.15) is 5.75 Å². The van der Waals surface area contributed by atoms with Crippen LogP contribution in [0.15, 0.2) is 36.4 Å². The van der Waals surface area contributed by atoms with Crippen LogP contribution in [0.4, 0.5) is 0 Å². The van der Waals surface area contributed by atoms with Crippen molar-refractivity contribution in [1.29, 1.82) is 0 Å². The highest BCUT2D eigenvalue weighted by Crippen LogP contribution is 2.44. The summed E-state index contributed by atoms with van der Waals surface area (Å²) in [6, 6.07) is 8.02. The van der Waals surface area contributed by atoms with Gasteiger partial charge < -0.3 is 15.6 Å². The lowest BCUT2D eigenvalue weighted by Gasteiger charge is -2.44. The van der Waals surface area contributed by atoms with Crippen molar-refractivity contribution in [2.75, 3.05) is 13.2 Å². The fourth-order valence-corrected chi connectivity index (χ4v) is 3.68. The lowest BCUT2D eigenvalue weighted by atomic mass is 9.66. The molecule has 3 atom stereocenters. The van der Waals surface area contributed by atoms with E-state index in [1.807, 2.05) is 18.2 Å². The maximum absolute atomic E-state index is 11.0. The number of para-hydroxylation sites is 1. The third-order valence-corrected chi connectivity index (χ3v) is 4.92. The number of rotatable bonds is 3. The van der Waals surface area contributed by atoms with Gasteiger partial charge in [0.05, 0.1) is 12.7 Å². The Hall–Kier alpha value is -1.32. The average molecular weight is 273 g/mol. The van der Waals surface area contributed by atoms with Crippen molar-refractivity contribution in [2.45, 2.75) is 37.2 Å². The quantitative estimate of drug-likeness (QED) is 0.831. The molecular weight excluding hydrogens is 250 g/mol. The maximum Gasteiger partial charge on any atom is 0.123 e. The van der Waals surface area contributed by atoms with Gasteiger partial charge in [0.15, 0.2) is 0 Å².